The summed E-state index contributed by atoms with van der Waals surface area (Å²) in [5.74, 6) is 0. The van der Waals surface area contributed by atoms with Crippen LogP contribution < -0.4 is 30.1 Å². The van der Waals surface area contributed by atoms with Crippen LogP contribution in [-0.2, 0) is 25.8 Å². The number of halogens is 2. The van der Waals surface area contributed by atoms with Crippen molar-refractivity contribution in [3.63, 3.8) is 0 Å². The SMILES string of the molecule is CP(C)c1cc2ccccc2[cH-]1.Cc1ccc(C)c2[cH-]ccc12.[Cl-].[Cl-].[Hf+4]. The quantitative estimate of drug-likeness (QED) is 0.174. The molecule has 0 saturated carbocycles. The van der Waals surface area contributed by atoms with Gasteiger partial charge in [-0.3, -0.25) is 0 Å². The minimum Gasteiger partial charge on any atom is -1.00 e. The van der Waals surface area contributed by atoms with Gasteiger partial charge in [0.15, 0.2) is 0 Å². The Kier molecular flexibility index (Phi) is 11.2. The Morgan fingerprint density at radius 2 is 1.50 bits per heavy atom. The Bertz CT molecular complexity index is 869. The molecule has 0 amide bonds. The molecule has 0 N–H and O–H groups in total. The van der Waals surface area contributed by atoms with Gasteiger partial charge in [0, 0.05) is 0 Å². The maximum absolute atomic E-state index is 2.31. The fourth-order valence-corrected chi connectivity index (χ4v) is 3.72. The van der Waals surface area contributed by atoms with Crippen molar-refractivity contribution in [1.29, 1.82) is 0 Å². The first kappa shape index (κ1) is 25.5. The van der Waals surface area contributed by atoms with E-state index in [0.717, 1.165) is 0 Å². The van der Waals surface area contributed by atoms with Gasteiger partial charge in [0.2, 0.25) is 0 Å². The van der Waals surface area contributed by atoms with Crippen LogP contribution >= 0.6 is 7.92 Å². The first-order valence-electron chi connectivity index (χ1n) is 8.00. The second kappa shape index (κ2) is 11.4. The molecular weight excluding hydrogens is 545 g/mol. The zero-order valence-electron chi connectivity index (χ0n) is 15.6. The summed E-state index contributed by atoms with van der Waals surface area (Å²) in [7, 11) is 0.0576. The van der Waals surface area contributed by atoms with Gasteiger partial charge < -0.3 is 24.8 Å². The predicted octanol–water partition coefficient (Wildman–Crippen LogP) is 0.107. The maximum atomic E-state index is 2.31. The average molecular weight is 568 g/mol. The zero-order valence-corrected chi connectivity index (χ0v) is 21.6. The third kappa shape index (κ3) is 5.77. The minimum absolute atomic E-state index is 0. The van der Waals surface area contributed by atoms with E-state index in [0.29, 0.717) is 0 Å². The Labute approximate surface area is 189 Å². The van der Waals surface area contributed by atoms with Gasteiger partial charge in [-0.2, -0.15) is 18.2 Å². The molecule has 0 unspecified atom stereocenters. The van der Waals surface area contributed by atoms with Crippen LogP contribution in [0.5, 0.6) is 0 Å². The maximum Gasteiger partial charge on any atom is 4.00 e. The Morgan fingerprint density at radius 1 is 0.846 bits per heavy atom. The largest absolute Gasteiger partial charge is 4.00 e. The normalized spacial score (nSPS) is 9.73. The second-order valence-electron chi connectivity index (χ2n) is 6.29. The van der Waals surface area contributed by atoms with Crippen LogP contribution in [0.3, 0.4) is 0 Å². The van der Waals surface area contributed by atoms with E-state index in [2.05, 4.69) is 93.9 Å². The van der Waals surface area contributed by atoms with Crippen molar-refractivity contribution in [3.8, 4) is 0 Å². The fourth-order valence-electron chi connectivity index (χ4n) is 2.93. The summed E-state index contributed by atoms with van der Waals surface area (Å²) in [6.07, 6.45) is 0. The van der Waals surface area contributed by atoms with Crippen LogP contribution in [0.4, 0.5) is 0 Å². The molecule has 4 rings (SSSR count). The van der Waals surface area contributed by atoms with Gasteiger partial charge in [0.1, 0.15) is 0 Å². The topological polar surface area (TPSA) is 0 Å². The molecule has 134 valence electrons. The number of benzene rings is 2. The monoisotopic (exact) mass is 568 g/mol. The summed E-state index contributed by atoms with van der Waals surface area (Å²) in [6, 6.07) is 24.0. The fraction of sp³-hybridized carbons (Fsp3) is 0.182. The number of fused-ring (bicyclic) bond motifs is 2. The summed E-state index contributed by atoms with van der Waals surface area (Å²) in [6.45, 7) is 8.90. The van der Waals surface area contributed by atoms with Crippen molar-refractivity contribution in [2.24, 2.45) is 0 Å². The first-order valence-corrected chi connectivity index (χ1v) is 10.2. The van der Waals surface area contributed by atoms with E-state index in [9.17, 15) is 0 Å². The number of hydrogen-bond acceptors (Lipinski definition) is 0. The third-order valence-electron chi connectivity index (χ3n) is 4.37. The van der Waals surface area contributed by atoms with E-state index in [-0.39, 0.29) is 58.6 Å². The van der Waals surface area contributed by atoms with Crippen LogP contribution in [0.15, 0.2) is 66.7 Å². The van der Waals surface area contributed by atoms with E-state index in [1.54, 1.807) is 0 Å². The molecule has 4 aromatic carbocycles. The van der Waals surface area contributed by atoms with Gasteiger partial charge in [-0.15, -0.1) is 76.7 Å². The molecule has 26 heavy (non-hydrogen) atoms. The van der Waals surface area contributed by atoms with Crippen molar-refractivity contribution in [2.45, 2.75) is 13.8 Å². The molecule has 0 aliphatic heterocycles. The summed E-state index contributed by atoms with van der Waals surface area (Å²) >= 11 is 0. The van der Waals surface area contributed by atoms with Crippen LogP contribution in [0.25, 0.3) is 21.5 Å². The van der Waals surface area contributed by atoms with Crippen LogP contribution in [0.1, 0.15) is 11.1 Å². The third-order valence-corrected chi connectivity index (χ3v) is 5.66. The van der Waals surface area contributed by atoms with E-state index in [1.807, 2.05) is 0 Å². The van der Waals surface area contributed by atoms with Crippen molar-refractivity contribution >= 4 is 34.8 Å². The minimum atomic E-state index is 0. The molecule has 0 bridgehead atoms. The molecule has 4 aromatic rings. The molecule has 4 heteroatoms. The summed E-state index contributed by atoms with van der Waals surface area (Å²) < 4.78 is 0. The zero-order chi connectivity index (χ0) is 16.4. The first-order chi connectivity index (χ1) is 11.1. The molecule has 0 fully saturated rings. The Hall–Kier alpha value is -0.460. The number of rotatable bonds is 1. The van der Waals surface area contributed by atoms with E-state index >= 15 is 0 Å². The molecule has 0 aliphatic rings. The van der Waals surface area contributed by atoms with Crippen molar-refractivity contribution in [2.75, 3.05) is 13.3 Å². The summed E-state index contributed by atoms with van der Waals surface area (Å²) in [5.41, 5.74) is 2.74. The molecular formula is C22H23Cl2HfP. The molecule has 0 heterocycles. The smallest absolute Gasteiger partial charge is 1.00 e. The summed E-state index contributed by atoms with van der Waals surface area (Å²) in [5, 5.41) is 7.05. The summed E-state index contributed by atoms with van der Waals surface area (Å²) in [4.78, 5) is 0. The molecule has 0 radical (unpaired) electrons. The second-order valence-corrected chi connectivity index (χ2v) is 8.59. The number of aryl methyl sites for hydroxylation is 2. The predicted molar refractivity (Wildman–Crippen MR) is 107 cm³/mol. The average Bonchev–Trinajstić information content (AvgIpc) is 3.18. The standard InChI is InChI=1S/C11H12P.C11H11.2ClH.Hf/c1-12(2)11-7-9-5-3-4-6-10(9)8-11;1-8-6-7-9(2)11-5-3-4-10(8)11;;;/h3-8H,1-2H3;3-7H,1-2H3;2*1H;/q2*-1;;;+4/p-2. The van der Waals surface area contributed by atoms with Crippen molar-refractivity contribution in [1.82, 2.24) is 0 Å². The van der Waals surface area contributed by atoms with Gasteiger partial charge in [-0.1, -0.05) is 24.6 Å². The van der Waals surface area contributed by atoms with E-state index < -0.39 is 0 Å². The van der Waals surface area contributed by atoms with Gasteiger partial charge in [-0.25, -0.2) is 0 Å². The number of hydrogen-bond donors (Lipinski definition) is 0. The van der Waals surface area contributed by atoms with Crippen molar-refractivity contribution < 1.29 is 50.7 Å². The van der Waals surface area contributed by atoms with Gasteiger partial charge >= 0.3 is 25.8 Å². The molecule has 0 atom stereocenters. The van der Waals surface area contributed by atoms with Gasteiger partial charge in [0.25, 0.3) is 0 Å². The molecule has 0 aliphatic carbocycles. The van der Waals surface area contributed by atoms with E-state index in [4.69, 9.17) is 0 Å². The molecule has 0 nitrogen and oxygen atoms in total. The molecule has 0 saturated heterocycles. The Morgan fingerprint density at radius 3 is 2.12 bits per heavy atom. The molecule has 0 spiro atoms. The van der Waals surface area contributed by atoms with Crippen LogP contribution in [0, 0.1) is 13.8 Å². The Balaban J connectivity index is 0.000000432. The van der Waals surface area contributed by atoms with Crippen molar-refractivity contribution in [3.05, 3.63) is 77.9 Å². The van der Waals surface area contributed by atoms with Gasteiger partial charge in [-0.05, 0) is 20.3 Å². The van der Waals surface area contributed by atoms with Gasteiger partial charge in [0.05, 0.1) is 0 Å². The van der Waals surface area contributed by atoms with Crippen LogP contribution in [-0.4, -0.2) is 13.3 Å². The van der Waals surface area contributed by atoms with E-state index in [1.165, 1.54) is 38.0 Å². The molecule has 0 aromatic heterocycles. The van der Waals surface area contributed by atoms with Crippen LogP contribution in [0.2, 0.25) is 0 Å².